The van der Waals surface area contributed by atoms with E-state index in [1.54, 1.807) is 10.6 Å². The number of nitrogens with zero attached hydrogens (tertiary/aromatic N) is 1. The van der Waals surface area contributed by atoms with Gasteiger partial charge in [-0.1, -0.05) is 6.92 Å². The molecule has 4 nitrogen and oxygen atoms in total. The van der Waals surface area contributed by atoms with Crippen LogP contribution in [0.4, 0.5) is 0 Å². The van der Waals surface area contributed by atoms with E-state index < -0.39 is 5.97 Å². The molecule has 1 aliphatic rings. The molecule has 2 rings (SSSR count). The molecule has 0 amide bonds. The Bertz CT molecular complexity index is 502. The van der Waals surface area contributed by atoms with E-state index in [1.165, 1.54) is 0 Å². The highest BCUT2D eigenvalue weighted by Gasteiger charge is 2.19. The van der Waals surface area contributed by atoms with E-state index in [0.29, 0.717) is 12.1 Å². The SMILES string of the molecule is CCCn1c2c(cc(CC(=O)O)c1=O)CCC2. The molecule has 0 bridgehead atoms. The van der Waals surface area contributed by atoms with E-state index in [2.05, 4.69) is 0 Å². The first kappa shape index (κ1) is 11.9. The number of hydrogen-bond acceptors (Lipinski definition) is 2. The summed E-state index contributed by atoms with van der Waals surface area (Å²) in [6.07, 6.45) is 3.69. The summed E-state index contributed by atoms with van der Waals surface area (Å²) in [5.41, 5.74) is 2.58. The Balaban J connectivity index is 2.52. The smallest absolute Gasteiger partial charge is 0.308 e. The van der Waals surface area contributed by atoms with Gasteiger partial charge in [0.2, 0.25) is 0 Å². The molecule has 1 aromatic heterocycles. The summed E-state index contributed by atoms with van der Waals surface area (Å²) >= 11 is 0. The molecule has 0 unspecified atom stereocenters. The van der Waals surface area contributed by atoms with Crippen LogP contribution in [0.15, 0.2) is 10.9 Å². The van der Waals surface area contributed by atoms with Gasteiger partial charge in [-0.15, -0.1) is 0 Å². The van der Waals surface area contributed by atoms with E-state index in [0.717, 1.165) is 36.9 Å². The summed E-state index contributed by atoms with van der Waals surface area (Å²) in [5.74, 6) is -0.942. The van der Waals surface area contributed by atoms with Crippen LogP contribution < -0.4 is 5.56 Å². The van der Waals surface area contributed by atoms with Gasteiger partial charge in [-0.3, -0.25) is 9.59 Å². The van der Waals surface area contributed by atoms with Crippen LogP contribution in [0.25, 0.3) is 0 Å². The monoisotopic (exact) mass is 235 g/mol. The molecule has 1 aromatic rings. The summed E-state index contributed by atoms with van der Waals surface area (Å²) in [6, 6.07) is 1.80. The number of carbonyl (C=O) groups is 1. The zero-order valence-electron chi connectivity index (χ0n) is 10.0. The van der Waals surface area contributed by atoms with Crippen molar-refractivity contribution in [3.63, 3.8) is 0 Å². The van der Waals surface area contributed by atoms with E-state index in [9.17, 15) is 9.59 Å². The Morgan fingerprint density at radius 1 is 1.47 bits per heavy atom. The third-order valence-electron chi connectivity index (χ3n) is 3.21. The molecule has 17 heavy (non-hydrogen) atoms. The predicted octanol–water partition coefficient (Wildman–Crippen LogP) is 1.37. The summed E-state index contributed by atoms with van der Waals surface area (Å²) in [7, 11) is 0. The molecule has 0 saturated carbocycles. The van der Waals surface area contributed by atoms with E-state index in [4.69, 9.17) is 5.11 Å². The van der Waals surface area contributed by atoms with Crippen molar-refractivity contribution in [2.24, 2.45) is 0 Å². The third kappa shape index (κ3) is 2.25. The van der Waals surface area contributed by atoms with Gasteiger partial charge in [0, 0.05) is 17.8 Å². The average molecular weight is 235 g/mol. The van der Waals surface area contributed by atoms with Gasteiger partial charge in [-0.05, 0) is 37.3 Å². The molecule has 0 aromatic carbocycles. The van der Waals surface area contributed by atoms with Gasteiger partial charge < -0.3 is 9.67 Å². The quantitative estimate of drug-likeness (QED) is 0.857. The topological polar surface area (TPSA) is 59.3 Å². The maximum absolute atomic E-state index is 12.2. The van der Waals surface area contributed by atoms with Crippen molar-refractivity contribution < 1.29 is 9.90 Å². The lowest BCUT2D eigenvalue weighted by molar-refractivity contribution is -0.136. The number of aromatic nitrogens is 1. The summed E-state index contributed by atoms with van der Waals surface area (Å²) in [4.78, 5) is 22.9. The van der Waals surface area contributed by atoms with E-state index in [-0.39, 0.29) is 12.0 Å². The second kappa shape index (κ2) is 4.73. The number of carboxylic acids is 1. The van der Waals surface area contributed by atoms with Crippen molar-refractivity contribution in [1.29, 1.82) is 0 Å². The van der Waals surface area contributed by atoms with Gasteiger partial charge in [-0.25, -0.2) is 0 Å². The standard InChI is InChI=1S/C13H17NO3/c1-2-6-14-11-5-3-4-9(11)7-10(13(14)17)8-12(15)16/h7H,2-6,8H2,1H3,(H,15,16). The lowest BCUT2D eigenvalue weighted by Gasteiger charge is -2.13. The van der Waals surface area contributed by atoms with Gasteiger partial charge in [0.05, 0.1) is 6.42 Å². The first-order valence-electron chi connectivity index (χ1n) is 6.09. The molecule has 0 aliphatic heterocycles. The molecule has 1 heterocycles. The van der Waals surface area contributed by atoms with Crippen LogP contribution in [0.3, 0.4) is 0 Å². The fourth-order valence-corrected chi connectivity index (χ4v) is 2.53. The summed E-state index contributed by atoms with van der Waals surface area (Å²) in [6.45, 7) is 2.71. The van der Waals surface area contributed by atoms with Crippen molar-refractivity contribution in [1.82, 2.24) is 4.57 Å². The van der Waals surface area contributed by atoms with Crippen LogP contribution in [-0.4, -0.2) is 15.6 Å². The lowest BCUT2D eigenvalue weighted by atomic mass is 10.1. The highest BCUT2D eigenvalue weighted by Crippen LogP contribution is 2.21. The second-order valence-corrected chi connectivity index (χ2v) is 4.52. The molecule has 0 spiro atoms. The minimum Gasteiger partial charge on any atom is -0.481 e. The number of aryl methyl sites for hydroxylation is 1. The molecule has 0 saturated heterocycles. The summed E-state index contributed by atoms with van der Waals surface area (Å²) in [5, 5.41) is 8.81. The highest BCUT2D eigenvalue weighted by molar-refractivity contribution is 5.70. The molecule has 0 fully saturated rings. The third-order valence-corrected chi connectivity index (χ3v) is 3.21. The molecular weight excluding hydrogens is 218 g/mol. The molecule has 0 atom stereocenters. The van der Waals surface area contributed by atoms with Crippen LogP contribution in [0.2, 0.25) is 0 Å². The van der Waals surface area contributed by atoms with Crippen LogP contribution in [0.1, 0.15) is 36.6 Å². The number of rotatable bonds is 4. The maximum atomic E-state index is 12.2. The molecule has 0 radical (unpaired) electrons. The van der Waals surface area contributed by atoms with Crippen LogP contribution in [0, 0.1) is 0 Å². The fourth-order valence-electron chi connectivity index (χ4n) is 2.53. The normalized spacial score (nSPS) is 13.7. The number of carboxylic acid groups (broad SMARTS) is 1. The maximum Gasteiger partial charge on any atom is 0.308 e. The van der Waals surface area contributed by atoms with Gasteiger partial charge in [0.1, 0.15) is 0 Å². The van der Waals surface area contributed by atoms with Crippen molar-refractivity contribution in [2.45, 2.75) is 45.6 Å². The van der Waals surface area contributed by atoms with E-state index in [1.807, 2.05) is 6.92 Å². The molecule has 4 heteroatoms. The Labute approximate surface area is 99.9 Å². The van der Waals surface area contributed by atoms with Crippen LogP contribution in [0.5, 0.6) is 0 Å². The first-order valence-corrected chi connectivity index (χ1v) is 6.09. The van der Waals surface area contributed by atoms with Crippen molar-refractivity contribution in [3.8, 4) is 0 Å². The number of hydrogen-bond donors (Lipinski definition) is 1. The van der Waals surface area contributed by atoms with Crippen LogP contribution >= 0.6 is 0 Å². The Morgan fingerprint density at radius 3 is 2.88 bits per heavy atom. The fraction of sp³-hybridized carbons (Fsp3) is 0.538. The molecule has 1 aliphatic carbocycles. The van der Waals surface area contributed by atoms with Crippen molar-refractivity contribution in [3.05, 3.63) is 33.2 Å². The zero-order chi connectivity index (χ0) is 12.4. The minimum atomic E-state index is -0.942. The van der Waals surface area contributed by atoms with Gasteiger partial charge in [0.15, 0.2) is 0 Å². The minimum absolute atomic E-state index is 0.116. The lowest BCUT2D eigenvalue weighted by Crippen LogP contribution is -2.28. The largest absolute Gasteiger partial charge is 0.481 e. The Kier molecular flexibility index (Phi) is 3.31. The second-order valence-electron chi connectivity index (χ2n) is 4.52. The highest BCUT2D eigenvalue weighted by atomic mass is 16.4. The molecular formula is C13H17NO3. The van der Waals surface area contributed by atoms with Gasteiger partial charge >= 0.3 is 5.97 Å². The molecule has 92 valence electrons. The first-order chi connectivity index (χ1) is 8.13. The average Bonchev–Trinajstić information content (AvgIpc) is 2.71. The van der Waals surface area contributed by atoms with Crippen molar-refractivity contribution >= 4 is 5.97 Å². The predicted molar refractivity (Wildman–Crippen MR) is 64.4 cm³/mol. The number of fused-ring (bicyclic) bond motifs is 1. The number of aliphatic carboxylic acids is 1. The Morgan fingerprint density at radius 2 is 2.24 bits per heavy atom. The molecule has 1 N–H and O–H groups in total. The van der Waals surface area contributed by atoms with Crippen molar-refractivity contribution in [2.75, 3.05) is 0 Å². The number of pyridine rings is 1. The van der Waals surface area contributed by atoms with Crippen LogP contribution in [-0.2, 0) is 30.6 Å². The van der Waals surface area contributed by atoms with E-state index >= 15 is 0 Å². The van der Waals surface area contributed by atoms with Gasteiger partial charge in [-0.2, -0.15) is 0 Å². The zero-order valence-corrected chi connectivity index (χ0v) is 10.0. The summed E-state index contributed by atoms with van der Waals surface area (Å²) < 4.78 is 1.78. The van der Waals surface area contributed by atoms with Gasteiger partial charge in [0.25, 0.3) is 5.56 Å². The Hall–Kier alpha value is -1.58.